The monoisotopic (exact) mass is 237 g/mol. The van der Waals surface area contributed by atoms with Crippen LogP contribution in [0.3, 0.4) is 0 Å². The third-order valence-corrected chi connectivity index (χ3v) is 1.98. The Morgan fingerprint density at radius 3 is 2.67 bits per heavy atom. The Hall–Kier alpha value is -1.50. The number of pyridine rings is 1. The molecule has 0 aliphatic rings. The summed E-state index contributed by atoms with van der Waals surface area (Å²) in [5.74, 6) is -1.27. The van der Waals surface area contributed by atoms with Crippen LogP contribution in [0.1, 0.15) is 17.6 Å². The lowest BCUT2D eigenvalue weighted by Gasteiger charge is -2.04. The summed E-state index contributed by atoms with van der Waals surface area (Å²) in [4.78, 5) is 12.7. The number of alkyl halides is 3. The van der Waals surface area contributed by atoms with Crippen molar-refractivity contribution in [3.8, 4) is 0 Å². The zero-order valence-electron chi connectivity index (χ0n) is 7.28. The molecule has 0 amide bonds. The molecule has 2 N–H and O–H groups in total. The van der Waals surface area contributed by atoms with Crippen molar-refractivity contribution in [2.75, 3.05) is 5.73 Å². The van der Waals surface area contributed by atoms with E-state index in [1.54, 1.807) is 0 Å². The van der Waals surface area contributed by atoms with Gasteiger partial charge in [0.2, 0.25) is 5.82 Å². The number of nitrogens with two attached hydrogens (primary N) is 1. The van der Waals surface area contributed by atoms with Crippen LogP contribution in [0.25, 0.3) is 0 Å². The fraction of sp³-hybridized carbons (Fsp3) is 0.286. The van der Waals surface area contributed by atoms with E-state index in [0.29, 0.717) is 0 Å². The zero-order valence-corrected chi connectivity index (χ0v) is 8.04. The molecule has 82 valence electrons. The first-order chi connectivity index (χ1) is 6.97. The van der Waals surface area contributed by atoms with Crippen LogP contribution in [0.4, 0.5) is 20.4 Å². The summed E-state index contributed by atoms with van der Waals surface area (Å²) in [6.45, 7) is 0. The highest BCUT2D eigenvalue weighted by atomic mass is 35.5. The highest BCUT2D eigenvalue weighted by Crippen LogP contribution is 2.30. The number of nitro groups is 1. The van der Waals surface area contributed by atoms with Gasteiger partial charge in [0.1, 0.15) is 5.56 Å². The molecule has 1 aromatic rings. The van der Waals surface area contributed by atoms with Crippen LogP contribution in [-0.2, 0) is 5.88 Å². The van der Waals surface area contributed by atoms with E-state index in [1.807, 2.05) is 0 Å². The summed E-state index contributed by atoms with van der Waals surface area (Å²) < 4.78 is 24.8. The number of anilines is 1. The topological polar surface area (TPSA) is 82.0 Å². The summed E-state index contributed by atoms with van der Waals surface area (Å²) in [5.41, 5.74) is 4.67. The van der Waals surface area contributed by atoms with Gasteiger partial charge in [-0.1, -0.05) is 0 Å². The fourth-order valence-electron chi connectivity index (χ4n) is 0.990. The second kappa shape index (κ2) is 4.35. The molecule has 1 rings (SSSR count). The molecule has 0 atom stereocenters. The first-order valence-corrected chi connectivity index (χ1v) is 4.28. The van der Waals surface area contributed by atoms with E-state index in [-0.39, 0.29) is 17.3 Å². The maximum atomic E-state index is 12.4. The quantitative estimate of drug-likeness (QED) is 0.497. The Balaban J connectivity index is 3.38. The van der Waals surface area contributed by atoms with E-state index in [2.05, 4.69) is 4.98 Å². The van der Waals surface area contributed by atoms with Gasteiger partial charge in [0.25, 0.3) is 6.43 Å². The van der Waals surface area contributed by atoms with Crippen LogP contribution in [-0.4, -0.2) is 9.91 Å². The van der Waals surface area contributed by atoms with Gasteiger partial charge < -0.3 is 15.8 Å². The normalized spacial score (nSPS) is 10.7. The summed E-state index contributed by atoms with van der Waals surface area (Å²) in [7, 11) is 0. The predicted molar refractivity (Wildman–Crippen MR) is 49.8 cm³/mol. The van der Waals surface area contributed by atoms with Gasteiger partial charge in [-0.15, -0.1) is 11.6 Å². The lowest BCUT2D eigenvalue weighted by atomic mass is 10.2. The van der Waals surface area contributed by atoms with Crippen LogP contribution in [0.2, 0.25) is 0 Å². The molecule has 15 heavy (non-hydrogen) atoms. The predicted octanol–water partition coefficient (Wildman–Crippen LogP) is 2.25. The van der Waals surface area contributed by atoms with Crippen molar-refractivity contribution in [2.24, 2.45) is 0 Å². The van der Waals surface area contributed by atoms with Gasteiger partial charge >= 0.3 is 5.82 Å². The van der Waals surface area contributed by atoms with Gasteiger partial charge in [0, 0.05) is 5.56 Å². The summed E-state index contributed by atoms with van der Waals surface area (Å²) in [6, 6.07) is 0.901. The summed E-state index contributed by atoms with van der Waals surface area (Å²) in [5, 5.41) is 10.4. The number of nitrogens with zero attached hydrogens (tertiary/aromatic N) is 2. The van der Waals surface area contributed by atoms with E-state index in [9.17, 15) is 18.9 Å². The number of aromatic nitrogens is 1. The molecular formula is C7H6ClF2N3O2. The second-order valence-electron chi connectivity index (χ2n) is 2.64. The molecule has 0 saturated heterocycles. The van der Waals surface area contributed by atoms with Crippen LogP contribution < -0.4 is 5.73 Å². The Morgan fingerprint density at radius 2 is 2.27 bits per heavy atom. The van der Waals surface area contributed by atoms with Crippen molar-refractivity contribution in [2.45, 2.75) is 12.3 Å². The highest BCUT2D eigenvalue weighted by Gasteiger charge is 2.25. The molecule has 0 spiro atoms. The van der Waals surface area contributed by atoms with Gasteiger partial charge in [-0.2, -0.15) is 0 Å². The largest absolute Gasteiger partial charge is 0.374 e. The Morgan fingerprint density at radius 1 is 1.67 bits per heavy atom. The average molecular weight is 238 g/mol. The van der Waals surface area contributed by atoms with E-state index in [0.717, 1.165) is 6.07 Å². The lowest BCUT2D eigenvalue weighted by molar-refractivity contribution is -0.390. The van der Waals surface area contributed by atoms with Crippen LogP contribution in [0.15, 0.2) is 6.07 Å². The van der Waals surface area contributed by atoms with Gasteiger partial charge in [0.05, 0.1) is 5.88 Å². The molecule has 0 aliphatic heterocycles. The molecule has 0 fully saturated rings. The Labute approximate surface area is 88.0 Å². The third-order valence-electron chi connectivity index (χ3n) is 1.70. The van der Waals surface area contributed by atoms with E-state index in [4.69, 9.17) is 17.3 Å². The van der Waals surface area contributed by atoms with Crippen molar-refractivity contribution in [1.82, 2.24) is 4.98 Å². The maximum absolute atomic E-state index is 12.4. The Kier molecular flexibility index (Phi) is 3.35. The number of halogens is 3. The second-order valence-corrected chi connectivity index (χ2v) is 2.90. The number of nitrogen functional groups attached to an aromatic ring is 1. The molecule has 0 saturated carbocycles. The molecule has 0 aliphatic carbocycles. The van der Waals surface area contributed by atoms with Gasteiger partial charge in [-0.3, -0.25) is 0 Å². The SMILES string of the molecule is Nc1nc([N+](=O)[O-])c(C(F)F)cc1CCl. The number of hydrogen-bond donors (Lipinski definition) is 1. The fourth-order valence-corrected chi connectivity index (χ4v) is 1.20. The molecule has 0 unspecified atom stereocenters. The molecule has 0 aromatic carbocycles. The van der Waals surface area contributed by atoms with Crippen LogP contribution >= 0.6 is 11.6 Å². The minimum atomic E-state index is -2.99. The van der Waals surface area contributed by atoms with E-state index >= 15 is 0 Å². The van der Waals surface area contributed by atoms with Gasteiger partial charge in [0.15, 0.2) is 0 Å². The minimum absolute atomic E-state index is 0.128. The number of hydrogen-bond acceptors (Lipinski definition) is 4. The van der Waals surface area contributed by atoms with E-state index in [1.165, 1.54) is 0 Å². The van der Waals surface area contributed by atoms with Crippen molar-refractivity contribution in [3.63, 3.8) is 0 Å². The highest BCUT2D eigenvalue weighted by molar-refractivity contribution is 6.17. The Bertz CT molecular complexity index is 400. The van der Waals surface area contributed by atoms with Crippen molar-refractivity contribution in [1.29, 1.82) is 0 Å². The van der Waals surface area contributed by atoms with Crippen LogP contribution in [0, 0.1) is 10.1 Å². The summed E-state index contributed by atoms with van der Waals surface area (Å²) >= 11 is 5.41. The standard InChI is InChI=1S/C7H6ClF2N3O2/c8-2-3-1-4(5(9)10)7(13(14)15)12-6(3)11/h1,5H,2H2,(H2,11,12). The molecule has 5 nitrogen and oxygen atoms in total. The molecule has 0 radical (unpaired) electrons. The number of rotatable bonds is 3. The molecular weight excluding hydrogens is 232 g/mol. The molecule has 0 bridgehead atoms. The van der Waals surface area contributed by atoms with Crippen molar-refractivity contribution in [3.05, 3.63) is 27.3 Å². The zero-order chi connectivity index (χ0) is 11.6. The third kappa shape index (κ3) is 2.30. The first kappa shape index (κ1) is 11.6. The molecule has 8 heteroatoms. The molecule has 1 aromatic heterocycles. The van der Waals surface area contributed by atoms with Gasteiger partial charge in [-0.05, 0) is 16.0 Å². The first-order valence-electron chi connectivity index (χ1n) is 3.75. The maximum Gasteiger partial charge on any atom is 0.374 e. The van der Waals surface area contributed by atoms with Crippen molar-refractivity contribution < 1.29 is 13.7 Å². The van der Waals surface area contributed by atoms with Crippen molar-refractivity contribution >= 4 is 23.2 Å². The average Bonchev–Trinajstić information content (AvgIpc) is 2.16. The van der Waals surface area contributed by atoms with E-state index < -0.39 is 22.7 Å². The molecule has 1 heterocycles. The van der Waals surface area contributed by atoms with Crippen LogP contribution in [0.5, 0.6) is 0 Å². The van der Waals surface area contributed by atoms with Gasteiger partial charge in [-0.25, -0.2) is 8.78 Å². The summed E-state index contributed by atoms with van der Waals surface area (Å²) in [6.07, 6.45) is -2.99. The lowest BCUT2D eigenvalue weighted by Crippen LogP contribution is -2.05. The minimum Gasteiger partial charge on any atom is -0.363 e. The smallest absolute Gasteiger partial charge is 0.363 e.